The Bertz CT molecular complexity index is 1260. The largest absolute Gasteiger partial charge is 0.352 e. The summed E-state index contributed by atoms with van der Waals surface area (Å²) in [7, 11) is -3.75. The molecule has 0 bridgehead atoms. The monoisotopic (exact) mass is 493 g/mol. The van der Waals surface area contributed by atoms with Crippen molar-refractivity contribution in [3.63, 3.8) is 0 Å². The zero-order valence-electron chi connectivity index (χ0n) is 20.2. The first kappa shape index (κ1) is 26.0. The zero-order chi connectivity index (χ0) is 25.4. The fourth-order valence-corrected chi connectivity index (χ4v) is 5.03. The summed E-state index contributed by atoms with van der Waals surface area (Å²) in [5, 5.41) is 5.66. The molecule has 0 aliphatic carbocycles. The van der Waals surface area contributed by atoms with Crippen molar-refractivity contribution in [2.75, 3.05) is 22.4 Å². The van der Waals surface area contributed by atoms with Gasteiger partial charge in [-0.2, -0.15) is 0 Å². The summed E-state index contributed by atoms with van der Waals surface area (Å²) in [5.41, 5.74) is 3.13. The third kappa shape index (κ3) is 6.93. The van der Waals surface area contributed by atoms with Gasteiger partial charge in [0.2, 0.25) is 15.9 Å². The van der Waals surface area contributed by atoms with Crippen LogP contribution < -0.4 is 14.9 Å². The van der Waals surface area contributed by atoms with Crippen molar-refractivity contribution in [3.8, 4) is 0 Å². The van der Waals surface area contributed by atoms with E-state index >= 15 is 0 Å². The maximum Gasteiger partial charge on any atom is 0.253 e. The smallest absolute Gasteiger partial charge is 0.253 e. The Hall–Kier alpha value is -3.65. The topological polar surface area (TPSA) is 95.6 Å². The van der Waals surface area contributed by atoms with Crippen molar-refractivity contribution in [1.29, 1.82) is 0 Å². The van der Waals surface area contributed by atoms with E-state index < -0.39 is 22.0 Å². The molecular formula is C27H31N3O4S. The van der Waals surface area contributed by atoms with Crippen LogP contribution in [0.2, 0.25) is 0 Å². The van der Waals surface area contributed by atoms with E-state index in [-0.39, 0.29) is 12.3 Å². The molecule has 35 heavy (non-hydrogen) atoms. The third-order valence-corrected chi connectivity index (χ3v) is 6.77. The van der Waals surface area contributed by atoms with Gasteiger partial charge in [-0.3, -0.25) is 13.9 Å². The fraction of sp³-hybridized carbons (Fsp3) is 0.259. The molecule has 3 aromatic rings. The van der Waals surface area contributed by atoms with E-state index in [0.29, 0.717) is 29.9 Å². The van der Waals surface area contributed by atoms with Gasteiger partial charge in [0.1, 0.15) is 6.04 Å². The number of nitrogens with one attached hydrogen (secondary N) is 2. The molecule has 0 saturated heterocycles. The second kappa shape index (κ2) is 11.7. The van der Waals surface area contributed by atoms with E-state index in [1.165, 1.54) is 0 Å². The molecule has 0 radical (unpaired) electrons. The van der Waals surface area contributed by atoms with Gasteiger partial charge in [-0.15, -0.1) is 0 Å². The minimum Gasteiger partial charge on any atom is -0.352 e. The van der Waals surface area contributed by atoms with Crippen molar-refractivity contribution >= 4 is 33.2 Å². The molecule has 0 aromatic heterocycles. The van der Waals surface area contributed by atoms with Gasteiger partial charge < -0.3 is 10.6 Å². The Balaban J connectivity index is 1.77. The molecule has 1 atom stereocenters. The quantitative estimate of drug-likeness (QED) is 0.444. The summed E-state index contributed by atoms with van der Waals surface area (Å²) < 4.78 is 26.5. The van der Waals surface area contributed by atoms with Crippen LogP contribution in [0.5, 0.6) is 0 Å². The number of benzene rings is 3. The number of rotatable bonds is 10. The maximum absolute atomic E-state index is 13.3. The summed E-state index contributed by atoms with van der Waals surface area (Å²) in [6.07, 6.45) is 2.01. The molecule has 0 spiro atoms. The lowest BCUT2D eigenvalue weighted by atomic mass is 10.1. The van der Waals surface area contributed by atoms with Crippen LogP contribution in [0, 0.1) is 6.92 Å². The van der Waals surface area contributed by atoms with Crippen molar-refractivity contribution < 1.29 is 18.0 Å². The highest BCUT2D eigenvalue weighted by atomic mass is 32.2. The van der Waals surface area contributed by atoms with E-state index in [2.05, 4.69) is 10.6 Å². The first-order valence-corrected chi connectivity index (χ1v) is 13.3. The zero-order valence-corrected chi connectivity index (χ0v) is 21.0. The van der Waals surface area contributed by atoms with E-state index in [4.69, 9.17) is 0 Å². The molecule has 8 heteroatoms. The molecule has 7 nitrogen and oxygen atoms in total. The molecule has 184 valence electrons. The lowest BCUT2D eigenvalue weighted by Crippen LogP contribution is -2.47. The van der Waals surface area contributed by atoms with Gasteiger partial charge in [-0.1, -0.05) is 67.1 Å². The van der Waals surface area contributed by atoms with Gasteiger partial charge in [0, 0.05) is 6.54 Å². The Labute approximate surface area is 207 Å². The Morgan fingerprint density at radius 2 is 1.54 bits per heavy atom. The van der Waals surface area contributed by atoms with Crippen molar-refractivity contribution in [2.45, 2.75) is 32.7 Å². The number of para-hydroxylation sites is 1. The van der Waals surface area contributed by atoms with E-state index in [1.54, 1.807) is 55.5 Å². The highest BCUT2D eigenvalue weighted by molar-refractivity contribution is 7.92. The molecular weight excluding hydrogens is 462 g/mol. The molecule has 2 N–H and O–H groups in total. The highest BCUT2D eigenvalue weighted by Gasteiger charge is 2.32. The third-order valence-electron chi connectivity index (χ3n) is 5.59. The second-order valence-electron chi connectivity index (χ2n) is 8.34. The molecule has 0 fully saturated rings. The van der Waals surface area contributed by atoms with Crippen LogP contribution in [0.4, 0.5) is 11.4 Å². The standard InChI is InChI=1S/C27H31N3O4S/c1-4-25(30(35(3,33)34)22-16-14-20(2)15-17-22)27(32)29-24-13-9-8-12-23(24)26(31)28-19-18-21-10-6-5-7-11-21/h5-17,25H,4,18-19H2,1-3H3,(H,28,31)(H,29,32). The van der Waals surface area contributed by atoms with E-state index in [1.807, 2.05) is 37.3 Å². The minimum absolute atomic E-state index is 0.248. The van der Waals surface area contributed by atoms with Gasteiger partial charge in [0.15, 0.2) is 0 Å². The van der Waals surface area contributed by atoms with Crippen LogP contribution in [0.15, 0.2) is 78.9 Å². The lowest BCUT2D eigenvalue weighted by molar-refractivity contribution is -0.117. The SMILES string of the molecule is CCC(C(=O)Nc1ccccc1C(=O)NCCc1ccccc1)N(c1ccc(C)cc1)S(C)(=O)=O. The fourth-order valence-electron chi connectivity index (χ4n) is 3.82. The second-order valence-corrected chi connectivity index (χ2v) is 10.2. The van der Waals surface area contributed by atoms with Crippen LogP contribution in [0.25, 0.3) is 0 Å². The summed E-state index contributed by atoms with van der Waals surface area (Å²) in [6.45, 7) is 4.09. The van der Waals surface area contributed by atoms with Crippen LogP contribution in [0.1, 0.15) is 34.8 Å². The highest BCUT2D eigenvalue weighted by Crippen LogP contribution is 2.24. The first-order valence-electron chi connectivity index (χ1n) is 11.5. The number of hydrogen-bond acceptors (Lipinski definition) is 4. The van der Waals surface area contributed by atoms with Crippen molar-refractivity contribution in [2.24, 2.45) is 0 Å². The molecule has 0 heterocycles. The molecule has 0 saturated carbocycles. The van der Waals surface area contributed by atoms with Crippen molar-refractivity contribution in [3.05, 3.63) is 95.6 Å². The molecule has 0 aliphatic rings. The average molecular weight is 494 g/mol. The van der Waals surface area contributed by atoms with Gasteiger partial charge in [0.25, 0.3) is 5.91 Å². The molecule has 3 aromatic carbocycles. The van der Waals surface area contributed by atoms with Crippen LogP contribution in [-0.2, 0) is 21.2 Å². The molecule has 2 amide bonds. The predicted octanol–water partition coefficient (Wildman–Crippen LogP) is 4.15. The number of nitrogens with zero attached hydrogens (tertiary/aromatic N) is 1. The number of amides is 2. The molecule has 1 unspecified atom stereocenters. The van der Waals surface area contributed by atoms with Gasteiger partial charge in [-0.25, -0.2) is 8.42 Å². The maximum atomic E-state index is 13.3. The normalized spacial score (nSPS) is 12.0. The number of carbonyl (C=O) groups excluding carboxylic acids is 2. The number of hydrogen-bond donors (Lipinski definition) is 2. The van der Waals surface area contributed by atoms with Gasteiger partial charge in [0.05, 0.1) is 23.2 Å². The minimum atomic E-state index is -3.75. The first-order chi connectivity index (χ1) is 16.7. The number of sulfonamides is 1. The Kier molecular flexibility index (Phi) is 8.65. The lowest BCUT2D eigenvalue weighted by Gasteiger charge is -2.30. The van der Waals surface area contributed by atoms with Gasteiger partial charge in [-0.05, 0) is 49.6 Å². The van der Waals surface area contributed by atoms with Gasteiger partial charge >= 0.3 is 0 Å². The number of carbonyl (C=O) groups is 2. The summed E-state index contributed by atoms with van der Waals surface area (Å²) in [4.78, 5) is 26.2. The predicted molar refractivity (Wildman–Crippen MR) is 140 cm³/mol. The number of anilines is 2. The molecule has 0 aliphatic heterocycles. The molecule has 3 rings (SSSR count). The van der Waals surface area contributed by atoms with Crippen LogP contribution in [-0.4, -0.2) is 39.1 Å². The van der Waals surface area contributed by atoms with E-state index in [9.17, 15) is 18.0 Å². The summed E-state index contributed by atoms with van der Waals surface area (Å²) >= 11 is 0. The average Bonchev–Trinajstić information content (AvgIpc) is 2.83. The van der Waals surface area contributed by atoms with Crippen LogP contribution in [0.3, 0.4) is 0 Å². The number of aryl methyl sites for hydroxylation is 1. The summed E-state index contributed by atoms with van der Waals surface area (Å²) in [5.74, 6) is -0.827. The Morgan fingerprint density at radius 3 is 2.17 bits per heavy atom. The summed E-state index contributed by atoms with van der Waals surface area (Å²) in [6, 6.07) is 22.5. The van der Waals surface area contributed by atoms with E-state index in [0.717, 1.165) is 21.7 Å². The van der Waals surface area contributed by atoms with Crippen LogP contribution >= 0.6 is 0 Å². The Morgan fingerprint density at radius 1 is 0.914 bits per heavy atom. The van der Waals surface area contributed by atoms with Crippen molar-refractivity contribution in [1.82, 2.24) is 5.32 Å².